The molecule has 1 aromatic heterocycles. The van der Waals surface area contributed by atoms with E-state index in [2.05, 4.69) is 5.32 Å². The van der Waals surface area contributed by atoms with Gasteiger partial charge in [-0.05, 0) is 29.8 Å². The topological polar surface area (TPSA) is 51.1 Å². The van der Waals surface area contributed by atoms with Crippen LogP contribution in [0, 0.1) is 5.82 Å². The van der Waals surface area contributed by atoms with Gasteiger partial charge in [0.05, 0.1) is 5.52 Å². The summed E-state index contributed by atoms with van der Waals surface area (Å²) in [6.45, 7) is 0.231. The van der Waals surface area contributed by atoms with E-state index in [-0.39, 0.29) is 23.4 Å². The van der Waals surface area contributed by atoms with Gasteiger partial charge >= 0.3 is 0 Å². The van der Waals surface area contributed by atoms with Crippen molar-refractivity contribution in [2.24, 2.45) is 7.05 Å². The summed E-state index contributed by atoms with van der Waals surface area (Å²) in [4.78, 5) is 24.8. The summed E-state index contributed by atoms with van der Waals surface area (Å²) >= 11 is 0. The molecule has 0 bridgehead atoms. The van der Waals surface area contributed by atoms with E-state index in [9.17, 15) is 14.0 Å². The van der Waals surface area contributed by atoms with Crippen LogP contribution in [0.3, 0.4) is 0 Å². The number of carbonyl (C=O) groups is 1. The average Bonchev–Trinajstić information content (AvgIpc) is 2.57. The van der Waals surface area contributed by atoms with Crippen molar-refractivity contribution in [2.45, 2.75) is 6.54 Å². The second-order valence-corrected chi connectivity index (χ2v) is 5.31. The molecule has 1 amide bonds. The monoisotopic (exact) mass is 310 g/mol. The molecular weight excluding hydrogens is 295 g/mol. The number of hydrogen-bond acceptors (Lipinski definition) is 2. The molecule has 5 heteroatoms. The van der Waals surface area contributed by atoms with Crippen molar-refractivity contribution < 1.29 is 9.18 Å². The third-order valence-corrected chi connectivity index (χ3v) is 3.71. The van der Waals surface area contributed by atoms with Crippen molar-refractivity contribution in [2.75, 3.05) is 0 Å². The fourth-order valence-electron chi connectivity index (χ4n) is 2.48. The first-order valence-corrected chi connectivity index (χ1v) is 7.17. The first-order valence-electron chi connectivity index (χ1n) is 7.17. The zero-order chi connectivity index (χ0) is 16.4. The Hall–Kier alpha value is -2.95. The fraction of sp³-hybridized carbons (Fsp3) is 0.111. The lowest BCUT2D eigenvalue weighted by Gasteiger charge is -2.09. The number of pyridine rings is 1. The predicted octanol–water partition coefficient (Wildman–Crippen LogP) is 2.61. The Bertz CT molecular complexity index is 930. The van der Waals surface area contributed by atoms with Gasteiger partial charge in [-0.15, -0.1) is 0 Å². The van der Waals surface area contributed by atoms with E-state index in [0.29, 0.717) is 5.39 Å². The average molecular weight is 310 g/mol. The number of benzene rings is 2. The Morgan fingerprint density at radius 1 is 1.13 bits per heavy atom. The fourth-order valence-corrected chi connectivity index (χ4v) is 2.48. The molecular formula is C18H15FN2O2. The highest BCUT2D eigenvalue weighted by Gasteiger charge is 2.14. The molecule has 3 rings (SSSR count). The van der Waals surface area contributed by atoms with Gasteiger partial charge in [0, 0.05) is 25.2 Å². The van der Waals surface area contributed by atoms with Gasteiger partial charge in [0.2, 0.25) is 5.43 Å². The van der Waals surface area contributed by atoms with Crippen molar-refractivity contribution in [1.29, 1.82) is 0 Å². The summed E-state index contributed by atoms with van der Waals surface area (Å²) < 4.78 is 14.6. The van der Waals surface area contributed by atoms with Crippen LogP contribution in [0.2, 0.25) is 0 Å². The first kappa shape index (κ1) is 15.0. The van der Waals surface area contributed by atoms with Gasteiger partial charge in [-0.1, -0.05) is 24.3 Å². The Morgan fingerprint density at radius 3 is 2.57 bits per heavy atom. The molecule has 0 spiro atoms. The van der Waals surface area contributed by atoms with Gasteiger partial charge in [0.15, 0.2) is 0 Å². The molecule has 1 N–H and O–H groups in total. The zero-order valence-electron chi connectivity index (χ0n) is 12.5. The molecule has 2 aromatic carbocycles. The van der Waals surface area contributed by atoms with E-state index in [0.717, 1.165) is 11.1 Å². The van der Waals surface area contributed by atoms with Gasteiger partial charge < -0.3 is 9.88 Å². The lowest BCUT2D eigenvalue weighted by molar-refractivity contribution is 0.0949. The maximum absolute atomic E-state index is 12.9. The van der Waals surface area contributed by atoms with Gasteiger partial charge in [-0.2, -0.15) is 0 Å². The molecule has 4 nitrogen and oxygen atoms in total. The predicted molar refractivity (Wildman–Crippen MR) is 86.8 cm³/mol. The van der Waals surface area contributed by atoms with E-state index in [4.69, 9.17) is 0 Å². The van der Waals surface area contributed by atoms with Gasteiger partial charge in [0.1, 0.15) is 11.4 Å². The number of aromatic nitrogens is 1. The van der Waals surface area contributed by atoms with Crippen LogP contribution in [0.15, 0.2) is 59.5 Å². The highest BCUT2D eigenvalue weighted by Crippen LogP contribution is 2.10. The lowest BCUT2D eigenvalue weighted by Crippen LogP contribution is -2.29. The minimum atomic E-state index is -0.444. The molecule has 0 saturated heterocycles. The van der Waals surface area contributed by atoms with Gasteiger partial charge in [-0.25, -0.2) is 4.39 Å². The van der Waals surface area contributed by atoms with Crippen LogP contribution in [-0.2, 0) is 13.6 Å². The number of rotatable bonds is 3. The van der Waals surface area contributed by atoms with Crippen LogP contribution in [0.5, 0.6) is 0 Å². The van der Waals surface area contributed by atoms with E-state index in [1.165, 1.54) is 18.3 Å². The summed E-state index contributed by atoms with van der Waals surface area (Å²) in [5.41, 5.74) is 1.33. The number of halogens is 1. The van der Waals surface area contributed by atoms with Crippen molar-refractivity contribution in [3.63, 3.8) is 0 Å². The maximum atomic E-state index is 12.9. The third-order valence-electron chi connectivity index (χ3n) is 3.71. The molecule has 3 aromatic rings. The Balaban J connectivity index is 1.88. The van der Waals surface area contributed by atoms with E-state index in [1.807, 2.05) is 12.1 Å². The summed E-state index contributed by atoms with van der Waals surface area (Å²) in [5.74, 6) is -0.774. The standard InChI is InChI=1S/C18H15FN2O2/c1-21-11-15(17(22)14-4-2-3-5-16(14)21)18(23)20-10-12-6-8-13(19)9-7-12/h2-9,11H,10H2,1H3,(H,20,23). The van der Waals surface area contributed by atoms with E-state index >= 15 is 0 Å². The molecule has 0 saturated carbocycles. The van der Waals surface area contributed by atoms with Crippen LogP contribution in [0.4, 0.5) is 4.39 Å². The van der Waals surface area contributed by atoms with E-state index < -0.39 is 5.91 Å². The number of aryl methyl sites for hydroxylation is 1. The third kappa shape index (κ3) is 2.99. The lowest BCUT2D eigenvalue weighted by atomic mass is 10.1. The molecule has 0 unspecified atom stereocenters. The van der Waals surface area contributed by atoms with Crippen LogP contribution in [0.25, 0.3) is 10.9 Å². The number of para-hydroxylation sites is 1. The number of hydrogen-bond donors (Lipinski definition) is 1. The smallest absolute Gasteiger partial charge is 0.257 e. The van der Waals surface area contributed by atoms with Crippen molar-refractivity contribution in [3.05, 3.63) is 81.9 Å². The molecule has 23 heavy (non-hydrogen) atoms. The van der Waals surface area contributed by atoms with Crippen LogP contribution in [-0.4, -0.2) is 10.5 Å². The molecule has 0 aliphatic rings. The summed E-state index contributed by atoms with van der Waals surface area (Å²) in [6, 6.07) is 13.0. The minimum absolute atomic E-state index is 0.0910. The van der Waals surface area contributed by atoms with Crippen molar-refractivity contribution in [1.82, 2.24) is 9.88 Å². The number of carbonyl (C=O) groups excluding carboxylic acids is 1. The number of nitrogens with zero attached hydrogens (tertiary/aromatic N) is 1. The highest BCUT2D eigenvalue weighted by molar-refractivity contribution is 5.97. The quantitative estimate of drug-likeness (QED) is 0.808. The highest BCUT2D eigenvalue weighted by atomic mass is 19.1. The molecule has 0 aliphatic heterocycles. The maximum Gasteiger partial charge on any atom is 0.257 e. The molecule has 1 heterocycles. The molecule has 116 valence electrons. The normalized spacial score (nSPS) is 10.7. The largest absolute Gasteiger partial charge is 0.350 e. The number of fused-ring (bicyclic) bond motifs is 1. The number of nitrogens with one attached hydrogen (secondary N) is 1. The molecule has 0 atom stereocenters. The Morgan fingerprint density at radius 2 is 1.83 bits per heavy atom. The summed E-state index contributed by atoms with van der Waals surface area (Å²) in [5, 5.41) is 3.20. The first-order chi connectivity index (χ1) is 11.1. The molecule has 0 fully saturated rings. The number of amides is 1. The molecule has 0 aliphatic carbocycles. The Kier molecular flexibility index (Phi) is 3.93. The van der Waals surface area contributed by atoms with Gasteiger partial charge in [-0.3, -0.25) is 9.59 Å². The van der Waals surface area contributed by atoms with E-state index in [1.54, 1.807) is 35.9 Å². The van der Waals surface area contributed by atoms with Gasteiger partial charge in [0.25, 0.3) is 5.91 Å². The SMILES string of the molecule is Cn1cc(C(=O)NCc2ccc(F)cc2)c(=O)c2ccccc21. The van der Waals surface area contributed by atoms with Crippen LogP contribution < -0.4 is 10.7 Å². The second kappa shape index (κ2) is 6.04. The second-order valence-electron chi connectivity index (χ2n) is 5.31. The Labute approximate surface area is 132 Å². The van der Waals surface area contributed by atoms with Crippen molar-refractivity contribution >= 4 is 16.8 Å². The minimum Gasteiger partial charge on any atom is -0.350 e. The van der Waals surface area contributed by atoms with Crippen LogP contribution >= 0.6 is 0 Å². The summed E-state index contributed by atoms with van der Waals surface area (Å²) in [7, 11) is 1.79. The molecule has 0 radical (unpaired) electrons. The van der Waals surface area contributed by atoms with Crippen molar-refractivity contribution in [3.8, 4) is 0 Å². The summed E-state index contributed by atoms with van der Waals surface area (Å²) in [6.07, 6.45) is 1.53. The van der Waals surface area contributed by atoms with Crippen LogP contribution in [0.1, 0.15) is 15.9 Å². The zero-order valence-corrected chi connectivity index (χ0v) is 12.5.